The summed E-state index contributed by atoms with van der Waals surface area (Å²) in [6, 6.07) is 4.71. The van der Waals surface area contributed by atoms with E-state index in [-0.39, 0.29) is 0 Å². The third-order valence-corrected chi connectivity index (χ3v) is 3.95. The Kier molecular flexibility index (Phi) is 3.51. The van der Waals surface area contributed by atoms with Crippen LogP contribution in [0.5, 0.6) is 11.5 Å². The first kappa shape index (κ1) is 12.6. The molecule has 1 atom stereocenters. The van der Waals surface area contributed by atoms with Crippen molar-refractivity contribution in [1.82, 2.24) is 5.32 Å². The van der Waals surface area contributed by atoms with E-state index in [2.05, 4.69) is 30.1 Å². The molecular weight excluding hydrogens is 240 g/mol. The van der Waals surface area contributed by atoms with Crippen LogP contribution in [0.25, 0.3) is 0 Å². The van der Waals surface area contributed by atoms with Crippen LogP contribution in [0.3, 0.4) is 0 Å². The lowest BCUT2D eigenvalue weighted by Crippen LogP contribution is -2.50. The number of hydrogen-bond acceptors (Lipinski definition) is 4. The first-order valence-corrected chi connectivity index (χ1v) is 7.17. The second kappa shape index (κ2) is 5.29. The Labute approximate surface area is 114 Å². The van der Waals surface area contributed by atoms with Crippen molar-refractivity contribution in [1.29, 1.82) is 0 Å². The Bertz CT molecular complexity index is 462. The zero-order valence-corrected chi connectivity index (χ0v) is 11.7. The average Bonchev–Trinajstić information content (AvgIpc) is 2.47. The van der Waals surface area contributed by atoms with Crippen LogP contribution in [-0.4, -0.2) is 38.9 Å². The van der Waals surface area contributed by atoms with E-state index in [9.17, 15) is 0 Å². The SMILES string of the molecule is CCC1CN(c2c(C)ccc3c2OCCO3)CCN1. The van der Waals surface area contributed by atoms with Crippen molar-refractivity contribution in [3.05, 3.63) is 17.7 Å². The Hall–Kier alpha value is -1.42. The summed E-state index contributed by atoms with van der Waals surface area (Å²) in [6.45, 7) is 8.77. The number of hydrogen-bond donors (Lipinski definition) is 1. The van der Waals surface area contributed by atoms with Crippen molar-refractivity contribution in [2.45, 2.75) is 26.3 Å². The smallest absolute Gasteiger partial charge is 0.184 e. The molecule has 0 aliphatic carbocycles. The second-order valence-corrected chi connectivity index (χ2v) is 5.26. The molecule has 0 saturated carbocycles. The van der Waals surface area contributed by atoms with Crippen molar-refractivity contribution in [2.75, 3.05) is 37.7 Å². The number of piperazine rings is 1. The third kappa shape index (κ3) is 2.37. The monoisotopic (exact) mass is 262 g/mol. The van der Waals surface area contributed by atoms with Crippen molar-refractivity contribution >= 4 is 5.69 Å². The van der Waals surface area contributed by atoms with Crippen LogP contribution in [0, 0.1) is 6.92 Å². The van der Waals surface area contributed by atoms with E-state index in [0.717, 1.165) is 37.6 Å². The zero-order chi connectivity index (χ0) is 13.2. The predicted octanol–water partition coefficient (Wildman–Crippen LogP) is 1.95. The van der Waals surface area contributed by atoms with Crippen molar-refractivity contribution in [3.8, 4) is 11.5 Å². The molecule has 19 heavy (non-hydrogen) atoms. The first-order valence-electron chi connectivity index (χ1n) is 7.17. The molecule has 2 aliphatic rings. The van der Waals surface area contributed by atoms with Gasteiger partial charge in [0.15, 0.2) is 11.5 Å². The Morgan fingerprint density at radius 2 is 2.16 bits per heavy atom. The highest BCUT2D eigenvalue weighted by Crippen LogP contribution is 2.42. The minimum absolute atomic E-state index is 0.563. The molecule has 0 radical (unpaired) electrons. The van der Waals surface area contributed by atoms with Gasteiger partial charge in [-0.1, -0.05) is 13.0 Å². The molecule has 0 spiro atoms. The lowest BCUT2D eigenvalue weighted by Gasteiger charge is -2.37. The number of nitrogens with one attached hydrogen (secondary N) is 1. The molecule has 3 rings (SSSR count). The van der Waals surface area contributed by atoms with Crippen molar-refractivity contribution in [2.24, 2.45) is 0 Å². The number of ether oxygens (including phenoxy) is 2. The lowest BCUT2D eigenvalue weighted by molar-refractivity contribution is 0.171. The van der Waals surface area contributed by atoms with Gasteiger partial charge in [0.25, 0.3) is 0 Å². The Balaban J connectivity index is 1.94. The van der Waals surface area contributed by atoms with E-state index in [1.165, 1.54) is 11.3 Å². The molecular formula is C15H22N2O2. The van der Waals surface area contributed by atoms with Gasteiger partial charge in [0.2, 0.25) is 0 Å². The maximum Gasteiger partial charge on any atom is 0.184 e. The molecule has 2 aliphatic heterocycles. The summed E-state index contributed by atoms with van der Waals surface area (Å²) in [6.07, 6.45) is 1.15. The summed E-state index contributed by atoms with van der Waals surface area (Å²) in [4.78, 5) is 2.44. The van der Waals surface area contributed by atoms with E-state index in [1.54, 1.807) is 0 Å². The van der Waals surface area contributed by atoms with Crippen molar-refractivity contribution in [3.63, 3.8) is 0 Å². The van der Waals surface area contributed by atoms with Crippen LogP contribution in [0.2, 0.25) is 0 Å². The molecule has 1 aromatic rings. The second-order valence-electron chi connectivity index (χ2n) is 5.26. The number of benzene rings is 1. The van der Waals surface area contributed by atoms with Gasteiger partial charge in [-0.3, -0.25) is 0 Å². The quantitative estimate of drug-likeness (QED) is 0.883. The van der Waals surface area contributed by atoms with Crippen LogP contribution in [0.15, 0.2) is 12.1 Å². The van der Waals surface area contributed by atoms with E-state index >= 15 is 0 Å². The van der Waals surface area contributed by atoms with Crippen molar-refractivity contribution < 1.29 is 9.47 Å². The molecule has 1 fully saturated rings. The summed E-state index contributed by atoms with van der Waals surface area (Å²) < 4.78 is 11.6. The summed E-state index contributed by atoms with van der Waals surface area (Å²) in [7, 11) is 0. The number of aryl methyl sites for hydroxylation is 1. The van der Waals surface area contributed by atoms with Crippen LogP contribution < -0.4 is 19.7 Å². The van der Waals surface area contributed by atoms with Gasteiger partial charge in [0.05, 0.1) is 5.69 Å². The van der Waals surface area contributed by atoms with Gasteiger partial charge >= 0.3 is 0 Å². The topological polar surface area (TPSA) is 33.7 Å². The average molecular weight is 262 g/mol. The predicted molar refractivity (Wildman–Crippen MR) is 76.5 cm³/mol. The van der Waals surface area contributed by atoms with E-state index in [1.807, 2.05) is 6.07 Å². The van der Waals surface area contributed by atoms with Crippen LogP contribution >= 0.6 is 0 Å². The fraction of sp³-hybridized carbons (Fsp3) is 0.600. The van der Waals surface area contributed by atoms with Gasteiger partial charge in [-0.25, -0.2) is 0 Å². The highest BCUT2D eigenvalue weighted by Gasteiger charge is 2.25. The molecule has 0 amide bonds. The fourth-order valence-corrected chi connectivity index (χ4v) is 2.89. The molecule has 1 aromatic carbocycles. The highest BCUT2D eigenvalue weighted by molar-refractivity contribution is 5.69. The summed E-state index contributed by atoms with van der Waals surface area (Å²) >= 11 is 0. The number of anilines is 1. The summed E-state index contributed by atoms with van der Waals surface area (Å²) in [5, 5.41) is 3.55. The van der Waals surface area contributed by atoms with Gasteiger partial charge in [0.1, 0.15) is 13.2 Å². The van der Waals surface area contributed by atoms with Gasteiger partial charge in [-0.2, -0.15) is 0 Å². The van der Waals surface area contributed by atoms with Crippen LogP contribution in [-0.2, 0) is 0 Å². The molecule has 0 bridgehead atoms. The molecule has 1 saturated heterocycles. The van der Waals surface area contributed by atoms with E-state index < -0.39 is 0 Å². The summed E-state index contributed by atoms with van der Waals surface area (Å²) in [5.41, 5.74) is 2.48. The number of rotatable bonds is 2. The summed E-state index contributed by atoms with van der Waals surface area (Å²) in [5.74, 6) is 1.82. The van der Waals surface area contributed by atoms with Gasteiger partial charge in [-0.05, 0) is 25.0 Å². The van der Waals surface area contributed by atoms with Gasteiger partial charge < -0.3 is 19.7 Å². The maximum atomic E-state index is 5.87. The molecule has 0 aromatic heterocycles. The first-order chi connectivity index (χ1) is 9.29. The molecule has 1 unspecified atom stereocenters. The highest BCUT2D eigenvalue weighted by atomic mass is 16.6. The lowest BCUT2D eigenvalue weighted by atomic mass is 10.1. The van der Waals surface area contributed by atoms with Gasteiger partial charge in [0, 0.05) is 25.7 Å². The standard InChI is InChI=1S/C15H22N2O2/c1-3-12-10-17(7-6-16-12)14-11(2)4-5-13-15(14)19-9-8-18-13/h4-5,12,16H,3,6-10H2,1-2H3. The van der Waals surface area contributed by atoms with Crippen LogP contribution in [0.1, 0.15) is 18.9 Å². The number of nitrogens with zero attached hydrogens (tertiary/aromatic N) is 1. The Morgan fingerprint density at radius 1 is 1.32 bits per heavy atom. The van der Waals surface area contributed by atoms with Crippen LogP contribution in [0.4, 0.5) is 5.69 Å². The zero-order valence-electron chi connectivity index (χ0n) is 11.7. The third-order valence-electron chi connectivity index (χ3n) is 3.95. The largest absolute Gasteiger partial charge is 0.486 e. The minimum atomic E-state index is 0.563. The van der Waals surface area contributed by atoms with E-state index in [4.69, 9.17) is 9.47 Å². The van der Waals surface area contributed by atoms with Gasteiger partial charge in [-0.15, -0.1) is 0 Å². The molecule has 4 heteroatoms. The Morgan fingerprint density at radius 3 is 3.00 bits per heavy atom. The molecule has 1 N–H and O–H groups in total. The van der Waals surface area contributed by atoms with E-state index in [0.29, 0.717) is 19.3 Å². The number of fused-ring (bicyclic) bond motifs is 1. The molecule has 104 valence electrons. The maximum absolute atomic E-state index is 5.87. The fourth-order valence-electron chi connectivity index (χ4n) is 2.89. The molecule has 4 nitrogen and oxygen atoms in total. The normalized spacial score (nSPS) is 22.4. The molecule has 2 heterocycles. The minimum Gasteiger partial charge on any atom is -0.486 e.